The van der Waals surface area contributed by atoms with Crippen molar-refractivity contribution in [1.82, 2.24) is 0 Å². The summed E-state index contributed by atoms with van der Waals surface area (Å²) in [5.41, 5.74) is 1.35. The molecule has 0 aliphatic carbocycles. The van der Waals surface area contributed by atoms with E-state index in [0.717, 1.165) is 12.0 Å². The zero-order valence-corrected chi connectivity index (χ0v) is 12.1. The summed E-state index contributed by atoms with van der Waals surface area (Å²) in [4.78, 5) is 0. The van der Waals surface area contributed by atoms with Gasteiger partial charge in [0.15, 0.2) is 0 Å². The van der Waals surface area contributed by atoms with Crippen LogP contribution in [0.4, 0.5) is 4.39 Å². The van der Waals surface area contributed by atoms with Gasteiger partial charge in [-0.15, -0.1) is 0 Å². The molecule has 0 fully saturated rings. The molecule has 110 valence electrons. The van der Waals surface area contributed by atoms with E-state index in [2.05, 4.69) is 18.8 Å². The van der Waals surface area contributed by atoms with E-state index in [1.54, 1.807) is 6.07 Å². The van der Waals surface area contributed by atoms with Crippen molar-refractivity contribution in [3.05, 3.63) is 35.1 Å². The Kier molecular flexibility index (Phi) is 8.69. The van der Waals surface area contributed by atoms with Crippen LogP contribution in [0.1, 0.15) is 50.2 Å². The molecule has 1 rings (SSSR count). The van der Waals surface area contributed by atoms with Crippen molar-refractivity contribution in [3.63, 3.8) is 0 Å². The maximum Gasteiger partial charge on any atom is 0.124 e. The van der Waals surface area contributed by atoms with E-state index in [-0.39, 0.29) is 12.4 Å². The molecule has 0 radical (unpaired) electrons. The Bertz CT molecular complexity index is 446. The molecule has 2 nitrogen and oxygen atoms in total. The van der Waals surface area contributed by atoms with Gasteiger partial charge in [-0.1, -0.05) is 44.4 Å². The van der Waals surface area contributed by atoms with Gasteiger partial charge in [0.25, 0.3) is 0 Å². The Hall–Kier alpha value is -1.37. The highest BCUT2D eigenvalue weighted by Gasteiger charge is 2.00. The molecule has 0 unspecified atom stereocenters. The van der Waals surface area contributed by atoms with Gasteiger partial charge in [0.2, 0.25) is 0 Å². The average molecular weight is 278 g/mol. The number of hydrogen-bond donors (Lipinski definition) is 1. The summed E-state index contributed by atoms with van der Waals surface area (Å²) in [5, 5.41) is 8.64. The maximum absolute atomic E-state index is 13.4. The van der Waals surface area contributed by atoms with Crippen molar-refractivity contribution in [1.29, 1.82) is 0 Å². The van der Waals surface area contributed by atoms with Crippen LogP contribution in [-0.4, -0.2) is 18.3 Å². The van der Waals surface area contributed by atoms with Crippen molar-refractivity contribution >= 4 is 0 Å². The fraction of sp³-hybridized carbons (Fsp3) is 0.529. The third-order valence-electron chi connectivity index (χ3n) is 2.93. The Balaban J connectivity index is 2.34. The van der Waals surface area contributed by atoms with Gasteiger partial charge in [-0.3, -0.25) is 0 Å². The topological polar surface area (TPSA) is 29.5 Å². The van der Waals surface area contributed by atoms with Gasteiger partial charge in [-0.25, -0.2) is 4.39 Å². The lowest BCUT2D eigenvalue weighted by atomic mass is 10.1. The zero-order chi connectivity index (χ0) is 14.6. The molecule has 0 saturated heterocycles. The van der Waals surface area contributed by atoms with Crippen molar-refractivity contribution < 1.29 is 14.2 Å². The van der Waals surface area contributed by atoms with Crippen molar-refractivity contribution in [3.8, 4) is 11.8 Å². The van der Waals surface area contributed by atoms with Crippen molar-refractivity contribution in [2.24, 2.45) is 0 Å². The number of ether oxygens (including phenoxy) is 1. The fourth-order valence-corrected chi connectivity index (χ4v) is 1.95. The van der Waals surface area contributed by atoms with Crippen LogP contribution < -0.4 is 0 Å². The van der Waals surface area contributed by atoms with Gasteiger partial charge >= 0.3 is 0 Å². The van der Waals surface area contributed by atoms with E-state index in [4.69, 9.17) is 9.84 Å². The molecule has 0 amide bonds. The molecule has 0 aliphatic heterocycles. The highest BCUT2D eigenvalue weighted by Crippen LogP contribution is 2.10. The van der Waals surface area contributed by atoms with E-state index >= 15 is 0 Å². The first kappa shape index (κ1) is 16.7. The predicted octanol–water partition coefficient (Wildman–Crippen LogP) is 3.66. The minimum Gasteiger partial charge on any atom is -0.384 e. The van der Waals surface area contributed by atoms with Crippen molar-refractivity contribution in [2.75, 3.05) is 13.2 Å². The Morgan fingerprint density at radius 2 is 1.95 bits per heavy atom. The Labute approximate surface area is 121 Å². The Morgan fingerprint density at radius 3 is 2.70 bits per heavy atom. The molecule has 0 heterocycles. The first-order valence-electron chi connectivity index (χ1n) is 7.23. The summed E-state index contributed by atoms with van der Waals surface area (Å²) in [6, 6.07) is 4.61. The largest absolute Gasteiger partial charge is 0.384 e. The summed E-state index contributed by atoms with van der Waals surface area (Å²) in [5.74, 6) is 4.89. The van der Waals surface area contributed by atoms with Gasteiger partial charge in [0.05, 0.1) is 6.61 Å². The van der Waals surface area contributed by atoms with Gasteiger partial charge < -0.3 is 9.84 Å². The second-order valence-corrected chi connectivity index (χ2v) is 4.77. The van der Waals surface area contributed by atoms with E-state index in [0.29, 0.717) is 18.8 Å². The van der Waals surface area contributed by atoms with E-state index < -0.39 is 0 Å². The summed E-state index contributed by atoms with van der Waals surface area (Å²) in [6.07, 6.45) is 6.00. The standard InChI is InChI=1S/C17H23FO2/c1-2-3-4-5-6-10-20-14-16-11-15(8-7-9-19)12-17(18)13-16/h11-13,19H,2-6,9-10,14H2,1H3. The SMILES string of the molecule is CCCCCCCOCc1cc(F)cc(C#CCO)c1. The van der Waals surface area contributed by atoms with Crippen LogP contribution in [0, 0.1) is 17.7 Å². The van der Waals surface area contributed by atoms with Gasteiger partial charge in [-0.2, -0.15) is 0 Å². The van der Waals surface area contributed by atoms with Gasteiger partial charge in [-0.05, 0) is 30.2 Å². The highest BCUT2D eigenvalue weighted by molar-refractivity contribution is 5.37. The lowest BCUT2D eigenvalue weighted by molar-refractivity contribution is 0.116. The third kappa shape index (κ3) is 7.28. The lowest BCUT2D eigenvalue weighted by Gasteiger charge is -2.05. The predicted molar refractivity (Wildman–Crippen MR) is 78.8 cm³/mol. The molecule has 20 heavy (non-hydrogen) atoms. The normalized spacial score (nSPS) is 10.2. The van der Waals surface area contributed by atoms with Crippen LogP contribution in [0.25, 0.3) is 0 Å². The molecular formula is C17H23FO2. The molecule has 0 saturated carbocycles. The first-order valence-corrected chi connectivity index (χ1v) is 7.23. The summed E-state index contributed by atoms with van der Waals surface area (Å²) < 4.78 is 18.9. The summed E-state index contributed by atoms with van der Waals surface area (Å²) in [6.45, 7) is 3.08. The van der Waals surface area contributed by atoms with Gasteiger partial charge in [0.1, 0.15) is 12.4 Å². The Morgan fingerprint density at radius 1 is 1.15 bits per heavy atom. The monoisotopic (exact) mass is 278 g/mol. The second kappa shape index (κ2) is 10.4. The molecule has 0 aliphatic rings. The number of rotatable bonds is 8. The number of halogens is 1. The fourth-order valence-electron chi connectivity index (χ4n) is 1.95. The molecule has 1 N–H and O–H groups in total. The summed E-state index contributed by atoms with van der Waals surface area (Å²) >= 11 is 0. The third-order valence-corrected chi connectivity index (χ3v) is 2.93. The number of unbranched alkanes of at least 4 members (excludes halogenated alkanes) is 4. The minimum absolute atomic E-state index is 0.222. The molecule has 0 aromatic heterocycles. The minimum atomic E-state index is -0.323. The molecule has 0 spiro atoms. The highest BCUT2D eigenvalue weighted by atomic mass is 19.1. The molecule has 1 aromatic carbocycles. The molecular weight excluding hydrogens is 255 g/mol. The van der Waals surface area contributed by atoms with Crippen LogP contribution in [-0.2, 0) is 11.3 Å². The van der Waals surface area contributed by atoms with Gasteiger partial charge in [0, 0.05) is 12.2 Å². The molecule has 0 bridgehead atoms. The van der Waals surface area contributed by atoms with Crippen LogP contribution in [0.5, 0.6) is 0 Å². The number of benzene rings is 1. The number of aliphatic hydroxyl groups is 1. The molecule has 0 atom stereocenters. The maximum atomic E-state index is 13.4. The van der Waals surface area contributed by atoms with Crippen LogP contribution in [0.15, 0.2) is 18.2 Å². The van der Waals surface area contributed by atoms with Crippen LogP contribution >= 0.6 is 0 Å². The lowest BCUT2D eigenvalue weighted by Crippen LogP contribution is -1.97. The van der Waals surface area contributed by atoms with Crippen LogP contribution in [0.3, 0.4) is 0 Å². The smallest absolute Gasteiger partial charge is 0.124 e. The summed E-state index contributed by atoms with van der Waals surface area (Å²) in [7, 11) is 0. The second-order valence-electron chi connectivity index (χ2n) is 4.77. The average Bonchev–Trinajstić information content (AvgIpc) is 2.43. The van der Waals surface area contributed by atoms with E-state index in [9.17, 15) is 4.39 Å². The quantitative estimate of drug-likeness (QED) is 0.581. The zero-order valence-electron chi connectivity index (χ0n) is 12.1. The van der Waals surface area contributed by atoms with Crippen molar-refractivity contribution in [2.45, 2.75) is 45.6 Å². The molecule has 3 heteroatoms. The van der Waals surface area contributed by atoms with E-state index in [1.165, 1.54) is 37.8 Å². The number of aliphatic hydroxyl groups excluding tert-OH is 1. The van der Waals surface area contributed by atoms with Crippen LogP contribution in [0.2, 0.25) is 0 Å². The first-order chi connectivity index (χ1) is 9.76. The van der Waals surface area contributed by atoms with E-state index in [1.807, 2.05) is 0 Å². The molecule has 1 aromatic rings. The number of hydrogen-bond acceptors (Lipinski definition) is 2.